The van der Waals surface area contributed by atoms with Crippen LogP contribution in [0.3, 0.4) is 0 Å². The first-order valence-electron chi connectivity index (χ1n) is 5.71. The highest BCUT2D eigenvalue weighted by molar-refractivity contribution is 5.48. The Morgan fingerprint density at radius 3 is 1.50 bits per heavy atom. The molecule has 2 aromatic carbocycles. The summed E-state index contributed by atoms with van der Waals surface area (Å²) >= 11 is 0. The van der Waals surface area contributed by atoms with Crippen LogP contribution in [0.5, 0.6) is 0 Å². The van der Waals surface area contributed by atoms with E-state index in [2.05, 4.69) is 60.7 Å². The quantitative estimate of drug-likeness (QED) is 0.808. The highest BCUT2D eigenvalue weighted by Gasteiger charge is 2.54. The maximum Gasteiger partial charge on any atom is 0.0369 e. The van der Waals surface area contributed by atoms with Gasteiger partial charge in [0.2, 0.25) is 0 Å². The summed E-state index contributed by atoms with van der Waals surface area (Å²) in [6.07, 6.45) is 1.06. The maximum atomic E-state index is 6.17. The molecule has 2 N–H and O–H groups in total. The van der Waals surface area contributed by atoms with Crippen molar-refractivity contribution in [3.05, 3.63) is 71.8 Å². The molecule has 3 rings (SSSR count). The standard InChI is InChI=1S/C15H15N/c16-14-11-15(14,12-7-3-1-4-8-12)13-9-5-2-6-10-13/h1-10,14H,11,16H2/t14-/m1/s1. The van der Waals surface area contributed by atoms with E-state index in [-0.39, 0.29) is 11.5 Å². The zero-order chi connectivity index (χ0) is 11.0. The van der Waals surface area contributed by atoms with Crippen molar-refractivity contribution in [3.8, 4) is 0 Å². The summed E-state index contributed by atoms with van der Waals surface area (Å²) < 4.78 is 0. The normalized spacial score (nSPS) is 21.7. The summed E-state index contributed by atoms with van der Waals surface area (Å²) in [4.78, 5) is 0. The highest BCUT2D eigenvalue weighted by Crippen LogP contribution is 2.52. The molecular formula is C15H15N. The molecule has 16 heavy (non-hydrogen) atoms. The molecule has 0 spiro atoms. The molecular weight excluding hydrogens is 194 g/mol. The summed E-state index contributed by atoms with van der Waals surface area (Å²) in [6, 6.07) is 21.4. The number of hydrogen-bond acceptors (Lipinski definition) is 1. The summed E-state index contributed by atoms with van der Waals surface area (Å²) in [5.41, 5.74) is 8.92. The van der Waals surface area contributed by atoms with Crippen molar-refractivity contribution in [1.82, 2.24) is 0 Å². The van der Waals surface area contributed by atoms with Gasteiger partial charge in [-0.1, -0.05) is 60.7 Å². The van der Waals surface area contributed by atoms with E-state index >= 15 is 0 Å². The van der Waals surface area contributed by atoms with E-state index in [9.17, 15) is 0 Å². The van der Waals surface area contributed by atoms with Crippen molar-refractivity contribution in [3.63, 3.8) is 0 Å². The zero-order valence-electron chi connectivity index (χ0n) is 9.14. The molecule has 0 aliphatic heterocycles. The predicted molar refractivity (Wildman–Crippen MR) is 66.3 cm³/mol. The molecule has 0 aromatic heterocycles. The van der Waals surface area contributed by atoms with Gasteiger partial charge in [0.25, 0.3) is 0 Å². The van der Waals surface area contributed by atoms with Crippen molar-refractivity contribution >= 4 is 0 Å². The summed E-state index contributed by atoms with van der Waals surface area (Å²) in [5, 5.41) is 0. The van der Waals surface area contributed by atoms with Gasteiger partial charge >= 0.3 is 0 Å². The molecule has 0 heterocycles. The third-order valence-corrected chi connectivity index (χ3v) is 3.59. The Morgan fingerprint density at radius 1 is 0.812 bits per heavy atom. The van der Waals surface area contributed by atoms with E-state index in [1.54, 1.807) is 0 Å². The van der Waals surface area contributed by atoms with Crippen LogP contribution < -0.4 is 5.73 Å². The second-order valence-corrected chi connectivity index (χ2v) is 4.51. The molecule has 1 atom stereocenters. The van der Waals surface area contributed by atoms with Crippen LogP contribution in [0.25, 0.3) is 0 Å². The van der Waals surface area contributed by atoms with Crippen LogP contribution in [0, 0.1) is 0 Å². The van der Waals surface area contributed by atoms with Crippen molar-refractivity contribution in [2.75, 3.05) is 0 Å². The zero-order valence-corrected chi connectivity index (χ0v) is 9.14. The third kappa shape index (κ3) is 1.29. The van der Waals surface area contributed by atoms with E-state index in [1.165, 1.54) is 11.1 Å². The Morgan fingerprint density at radius 2 is 1.19 bits per heavy atom. The van der Waals surface area contributed by atoms with Gasteiger partial charge in [0.1, 0.15) is 0 Å². The fourth-order valence-electron chi connectivity index (χ4n) is 2.59. The van der Waals surface area contributed by atoms with Gasteiger partial charge in [-0.15, -0.1) is 0 Å². The minimum Gasteiger partial charge on any atom is -0.327 e. The molecule has 0 unspecified atom stereocenters. The number of hydrogen-bond donors (Lipinski definition) is 1. The third-order valence-electron chi connectivity index (χ3n) is 3.59. The van der Waals surface area contributed by atoms with E-state index in [0.29, 0.717) is 0 Å². The minimum absolute atomic E-state index is 0.0719. The van der Waals surface area contributed by atoms with E-state index in [4.69, 9.17) is 5.73 Å². The molecule has 0 radical (unpaired) electrons. The van der Waals surface area contributed by atoms with Gasteiger partial charge in [0.05, 0.1) is 0 Å². The average Bonchev–Trinajstić information content (AvgIpc) is 3.05. The lowest BCUT2D eigenvalue weighted by Gasteiger charge is -2.17. The van der Waals surface area contributed by atoms with Crippen LogP contribution in [0.4, 0.5) is 0 Å². The highest BCUT2D eigenvalue weighted by atomic mass is 14.8. The topological polar surface area (TPSA) is 26.0 Å². The van der Waals surface area contributed by atoms with Crippen molar-refractivity contribution in [1.29, 1.82) is 0 Å². The van der Waals surface area contributed by atoms with E-state index < -0.39 is 0 Å². The summed E-state index contributed by atoms with van der Waals surface area (Å²) in [6.45, 7) is 0. The van der Waals surface area contributed by atoms with Crippen LogP contribution in [-0.2, 0) is 5.41 Å². The number of nitrogens with two attached hydrogens (primary N) is 1. The van der Waals surface area contributed by atoms with Crippen LogP contribution in [0.2, 0.25) is 0 Å². The lowest BCUT2D eigenvalue weighted by molar-refractivity contribution is 0.793. The fraction of sp³-hybridized carbons (Fsp3) is 0.200. The van der Waals surface area contributed by atoms with Gasteiger partial charge in [-0.25, -0.2) is 0 Å². The Bertz CT molecular complexity index is 436. The predicted octanol–water partition coefficient (Wildman–Crippen LogP) is 2.70. The lowest BCUT2D eigenvalue weighted by atomic mass is 9.87. The van der Waals surface area contributed by atoms with Gasteiger partial charge in [-0.3, -0.25) is 0 Å². The van der Waals surface area contributed by atoms with Crippen LogP contribution in [-0.4, -0.2) is 6.04 Å². The largest absolute Gasteiger partial charge is 0.327 e. The van der Waals surface area contributed by atoms with Gasteiger partial charge in [0, 0.05) is 11.5 Å². The molecule has 0 amide bonds. The molecule has 1 nitrogen and oxygen atoms in total. The first-order valence-corrected chi connectivity index (χ1v) is 5.71. The molecule has 80 valence electrons. The van der Waals surface area contributed by atoms with Crippen LogP contribution in [0.15, 0.2) is 60.7 Å². The Labute approximate surface area is 95.9 Å². The van der Waals surface area contributed by atoms with Crippen molar-refractivity contribution in [2.24, 2.45) is 5.73 Å². The molecule has 1 fully saturated rings. The van der Waals surface area contributed by atoms with Crippen molar-refractivity contribution in [2.45, 2.75) is 17.9 Å². The minimum atomic E-state index is 0.0719. The number of rotatable bonds is 2. The first kappa shape index (κ1) is 9.61. The molecule has 1 heteroatoms. The summed E-state index contributed by atoms with van der Waals surface area (Å²) in [5.74, 6) is 0. The van der Waals surface area contributed by atoms with Gasteiger partial charge < -0.3 is 5.73 Å². The lowest BCUT2D eigenvalue weighted by Crippen LogP contribution is -2.19. The second kappa shape index (κ2) is 3.46. The monoisotopic (exact) mass is 209 g/mol. The smallest absolute Gasteiger partial charge is 0.0369 e. The molecule has 0 bridgehead atoms. The van der Waals surface area contributed by atoms with Gasteiger partial charge in [-0.05, 0) is 17.5 Å². The van der Waals surface area contributed by atoms with E-state index in [1.807, 2.05) is 0 Å². The Hall–Kier alpha value is -1.60. The van der Waals surface area contributed by atoms with Crippen LogP contribution >= 0.6 is 0 Å². The van der Waals surface area contributed by atoms with Crippen LogP contribution in [0.1, 0.15) is 17.5 Å². The first-order chi connectivity index (χ1) is 7.84. The Kier molecular flexibility index (Phi) is 2.08. The molecule has 0 saturated heterocycles. The molecule has 1 aliphatic rings. The Balaban J connectivity index is 2.10. The fourth-order valence-corrected chi connectivity index (χ4v) is 2.59. The molecule has 1 saturated carbocycles. The maximum absolute atomic E-state index is 6.17. The second-order valence-electron chi connectivity index (χ2n) is 4.51. The summed E-state index contributed by atoms with van der Waals surface area (Å²) in [7, 11) is 0. The van der Waals surface area contributed by atoms with Gasteiger partial charge in [0.15, 0.2) is 0 Å². The van der Waals surface area contributed by atoms with Gasteiger partial charge in [-0.2, -0.15) is 0 Å². The van der Waals surface area contributed by atoms with E-state index in [0.717, 1.165) is 6.42 Å². The molecule has 1 aliphatic carbocycles. The molecule has 2 aromatic rings. The number of benzene rings is 2. The average molecular weight is 209 g/mol. The van der Waals surface area contributed by atoms with Crippen molar-refractivity contribution < 1.29 is 0 Å². The SMILES string of the molecule is N[C@@H]1CC1(c1ccccc1)c1ccccc1.